The van der Waals surface area contributed by atoms with E-state index in [4.69, 9.17) is 4.74 Å². The molecule has 1 atom stereocenters. The smallest absolute Gasteiger partial charge is 0.338 e. The highest BCUT2D eigenvalue weighted by molar-refractivity contribution is 5.89. The van der Waals surface area contributed by atoms with Gasteiger partial charge in [0.1, 0.15) is 0 Å². The minimum atomic E-state index is -0.225. The highest BCUT2D eigenvalue weighted by Gasteiger charge is 2.22. The minimum absolute atomic E-state index is 0.225. The second-order valence-corrected chi connectivity index (χ2v) is 4.28. The van der Waals surface area contributed by atoms with Crippen LogP contribution in [0.15, 0.2) is 18.2 Å². The maximum absolute atomic E-state index is 11.7. The van der Waals surface area contributed by atoms with Crippen LogP contribution in [0.4, 0.5) is 0 Å². The number of benzene rings is 1. The van der Waals surface area contributed by atoms with Gasteiger partial charge in [-0.2, -0.15) is 0 Å². The monoisotopic (exact) mass is 233 g/mol. The lowest BCUT2D eigenvalue weighted by Crippen LogP contribution is -2.18. The van der Waals surface area contributed by atoms with Crippen LogP contribution in [-0.4, -0.2) is 19.1 Å². The Hall–Kier alpha value is -1.35. The lowest BCUT2D eigenvalue weighted by molar-refractivity contribution is 0.0526. The highest BCUT2D eigenvalue weighted by Crippen LogP contribution is 2.31. The number of carbonyl (C=O) groups excluding carboxylic acids is 1. The van der Waals surface area contributed by atoms with Crippen LogP contribution in [0.1, 0.15) is 47.8 Å². The molecule has 17 heavy (non-hydrogen) atoms. The van der Waals surface area contributed by atoms with Gasteiger partial charge in [-0.25, -0.2) is 4.79 Å². The third-order valence-corrected chi connectivity index (χ3v) is 3.19. The van der Waals surface area contributed by atoms with Crippen molar-refractivity contribution in [2.24, 2.45) is 0 Å². The average molecular weight is 233 g/mol. The molecule has 0 fully saturated rings. The molecule has 2 rings (SSSR count). The second kappa shape index (κ2) is 5.32. The molecular formula is C14H19NO2. The first-order valence-corrected chi connectivity index (χ1v) is 6.29. The summed E-state index contributed by atoms with van der Waals surface area (Å²) in [5.74, 6) is -0.225. The first-order chi connectivity index (χ1) is 8.26. The summed E-state index contributed by atoms with van der Waals surface area (Å²) in [5.41, 5.74) is 3.27. The van der Waals surface area contributed by atoms with E-state index in [0.717, 1.165) is 19.4 Å². The SMILES string of the molecule is CCNC1CCc2ccc(C(=O)OCC)cc21. The van der Waals surface area contributed by atoms with Gasteiger partial charge in [0, 0.05) is 6.04 Å². The number of ether oxygens (including phenoxy) is 1. The molecule has 0 aliphatic heterocycles. The van der Waals surface area contributed by atoms with E-state index in [2.05, 4.69) is 18.3 Å². The third-order valence-electron chi connectivity index (χ3n) is 3.19. The molecule has 1 aromatic carbocycles. The molecule has 3 nitrogen and oxygen atoms in total. The maximum atomic E-state index is 11.7. The fraction of sp³-hybridized carbons (Fsp3) is 0.500. The van der Waals surface area contributed by atoms with Gasteiger partial charge in [-0.05, 0) is 49.6 Å². The molecule has 0 saturated carbocycles. The molecule has 0 bridgehead atoms. The Morgan fingerprint density at radius 3 is 3.00 bits per heavy atom. The van der Waals surface area contributed by atoms with Crippen LogP contribution in [0.5, 0.6) is 0 Å². The van der Waals surface area contributed by atoms with E-state index in [1.807, 2.05) is 19.1 Å². The summed E-state index contributed by atoms with van der Waals surface area (Å²) in [6.07, 6.45) is 2.21. The quantitative estimate of drug-likeness (QED) is 0.812. The van der Waals surface area contributed by atoms with Gasteiger partial charge in [0.25, 0.3) is 0 Å². The van der Waals surface area contributed by atoms with Gasteiger partial charge in [0.15, 0.2) is 0 Å². The van der Waals surface area contributed by atoms with Crippen LogP contribution in [0.25, 0.3) is 0 Å². The minimum Gasteiger partial charge on any atom is -0.462 e. The average Bonchev–Trinajstić information content (AvgIpc) is 2.73. The van der Waals surface area contributed by atoms with Gasteiger partial charge in [-0.1, -0.05) is 13.0 Å². The Balaban J connectivity index is 2.23. The Kier molecular flexibility index (Phi) is 3.79. The van der Waals surface area contributed by atoms with Crippen LogP contribution in [-0.2, 0) is 11.2 Å². The normalized spacial score (nSPS) is 17.9. The van der Waals surface area contributed by atoms with E-state index in [0.29, 0.717) is 18.2 Å². The number of esters is 1. The summed E-state index contributed by atoms with van der Waals surface area (Å²) in [6, 6.07) is 6.29. The van der Waals surface area contributed by atoms with Crippen molar-refractivity contribution in [1.82, 2.24) is 5.32 Å². The summed E-state index contributed by atoms with van der Waals surface area (Å²) >= 11 is 0. The Labute approximate surface area is 102 Å². The summed E-state index contributed by atoms with van der Waals surface area (Å²) in [6.45, 7) is 5.31. The van der Waals surface area contributed by atoms with Crippen molar-refractivity contribution >= 4 is 5.97 Å². The number of hydrogen-bond donors (Lipinski definition) is 1. The van der Waals surface area contributed by atoms with Crippen LogP contribution in [0, 0.1) is 0 Å². The molecule has 1 N–H and O–H groups in total. The molecule has 0 heterocycles. The third kappa shape index (κ3) is 2.50. The van der Waals surface area contributed by atoms with Crippen molar-refractivity contribution in [3.05, 3.63) is 34.9 Å². The molecule has 0 radical (unpaired) electrons. The second-order valence-electron chi connectivity index (χ2n) is 4.28. The van der Waals surface area contributed by atoms with Gasteiger partial charge in [-0.15, -0.1) is 0 Å². The number of hydrogen-bond acceptors (Lipinski definition) is 3. The number of fused-ring (bicyclic) bond motifs is 1. The van der Waals surface area contributed by atoms with Gasteiger partial charge in [0.2, 0.25) is 0 Å². The zero-order valence-corrected chi connectivity index (χ0v) is 10.5. The lowest BCUT2D eigenvalue weighted by Gasteiger charge is -2.13. The van der Waals surface area contributed by atoms with Gasteiger partial charge in [-0.3, -0.25) is 0 Å². The van der Waals surface area contributed by atoms with Gasteiger partial charge < -0.3 is 10.1 Å². The van der Waals surface area contributed by atoms with E-state index in [1.54, 1.807) is 0 Å². The molecule has 92 valence electrons. The van der Waals surface area contributed by atoms with Crippen molar-refractivity contribution in [2.75, 3.05) is 13.2 Å². The van der Waals surface area contributed by atoms with Crippen molar-refractivity contribution < 1.29 is 9.53 Å². The van der Waals surface area contributed by atoms with Gasteiger partial charge >= 0.3 is 5.97 Å². The number of aryl methyl sites for hydroxylation is 1. The van der Waals surface area contributed by atoms with Crippen LogP contribution < -0.4 is 5.32 Å². The first-order valence-electron chi connectivity index (χ1n) is 6.29. The van der Waals surface area contributed by atoms with E-state index < -0.39 is 0 Å². The molecule has 0 spiro atoms. The van der Waals surface area contributed by atoms with Crippen molar-refractivity contribution in [1.29, 1.82) is 0 Å². The molecule has 0 aromatic heterocycles. The standard InChI is InChI=1S/C14H19NO2/c1-3-15-13-8-7-10-5-6-11(9-12(10)13)14(16)17-4-2/h5-6,9,13,15H,3-4,7-8H2,1-2H3. The van der Waals surface area contributed by atoms with Crippen LogP contribution >= 0.6 is 0 Å². The van der Waals surface area contributed by atoms with Gasteiger partial charge in [0.05, 0.1) is 12.2 Å². The topological polar surface area (TPSA) is 38.3 Å². The summed E-state index contributed by atoms with van der Waals surface area (Å²) in [4.78, 5) is 11.7. The predicted molar refractivity (Wildman–Crippen MR) is 67.1 cm³/mol. The lowest BCUT2D eigenvalue weighted by atomic mass is 10.0. The Morgan fingerprint density at radius 2 is 2.29 bits per heavy atom. The van der Waals surface area contributed by atoms with E-state index in [9.17, 15) is 4.79 Å². The van der Waals surface area contributed by atoms with Crippen molar-refractivity contribution in [3.63, 3.8) is 0 Å². The molecule has 1 aliphatic carbocycles. The molecule has 1 aromatic rings. The fourth-order valence-electron chi connectivity index (χ4n) is 2.40. The summed E-state index contributed by atoms with van der Waals surface area (Å²) < 4.78 is 5.02. The zero-order valence-electron chi connectivity index (χ0n) is 10.5. The zero-order chi connectivity index (χ0) is 12.3. The van der Waals surface area contributed by atoms with E-state index >= 15 is 0 Å². The molecular weight excluding hydrogens is 214 g/mol. The van der Waals surface area contributed by atoms with Crippen molar-refractivity contribution in [2.45, 2.75) is 32.7 Å². The number of rotatable bonds is 4. The number of nitrogens with one attached hydrogen (secondary N) is 1. The maximum Gasteiger partial charge on any atom is 0.338 e. The van der Waals surface area contributed by atoms with E-state index in [-0.39, 0.29) is 5.97 Å². The predicted octanol–water partition coefficient (Wildman–Crippen LogP) is 2.46. The fourth-order valence-corrected chi connectivity index (χ4v) is 2.40. The molecule has 1 unspecified atom stereocenters. The van der Waals surface area contributed by atoms with Crippen LogP contribution in [0.3, 0.4) is 0 Å². The van der Waals surface area contributed by atoms with Crippen molar-refractivity contribution in [3.8, 4) is 0 Å². The molecule has 1 aliphatic rings. The highest BCUT2D eigenvalue weighted by atomic mass is 16.5. The first kappa shape index (κ1) is 12.1. The molecule has 0 amide bonds. The Morgan fingerprint density at radius 1 is 1.47 bits per heavy atom. The van der Waals surface area contributed by atoms with Crippen LogP contribution in [0.2, 0.25) is 0 Å². The molecule has 3 heteroatoms. The Bertz CT molecular complexity index is 413. The summed E-state index contributed by atoms with van der Waals surface area (Å²) in [5, 5.41) is 3.45. The molecule has 0 saturated heterocycles. The number of carbonyl (C=O) groups is 1. The summed E-state index contributed by atoms with van der Waals surface area (Å²) in [7, 11) is 0. The largest absolute Gasteiger partial charge is 0.462 e. The van der Waals surface area contributed by atoms with E-state index in [1.165, 1.54) is 11.1 Å².